The SMILES string of the molecule is N#Cc1ccc(C#N)c(-n2c3ccc#cc3c3cc4ccccc4cc32)c1. The molecule has 0 saturated heterocycles. The second kappa shape index (κ2) is 5.63. The van der Waals surface area contributed by atoms with Crippen LogP contribution in [0.4, 0.5) is 0 Å². The van der Waals surface area contributed by atoms with Crippen molar-refractivity contribution in [2.45, 2.75) is 0 Å². The van der Waals surface area contributed by atoms with Crippen LogP contribution < -0.4 is 0 Å². The lowest BCUT2D eigenvalue weighted by molar-refractivity contribution is 1.17. The van der Waals surface area contributed by atoms with E-state index in [1.165, 1.54) is 0 Å². The van der Waals surface area contributed by atoms with Gasteiger partial charge in [0.1, 0.15) is 6.07 Å². The van der Waals surface area contributed by atoms with E-state index in [9.17, 15) is 10.5 Å². The average molecular weight is 341 g/mol. The first-order valence-electron chi connectivity index (χ1n) is 8.50. The van der Waals surface area contributed by atoms with Crippen LogP contribution in [-0.4, -0.2) is 4.57 Å². The molecule has 1 aromatic heterocycles. The van der Waals surface area contributed by atoms with Crippen molar-refractivity contribution in [2.75, 3.05) is 0 Å². The largest absolute Gasteiger partial charge is 0.307 e. The van der Waals surface area contributed by atoms with Crippen LogP contribution in [0.25, 0.3) is 38.3 Å². The molecular weight excluding hydrogens is 330 g/mol. The molecule has 0 fully saturated rings. The van der Waals surface area contributed by atoms with E-state index in [0.29, 0.717) is 16.8 Å². The molecule has 0 bridgehead atoms. The van der Waals surface area contributed by atoms with E-state index in [4.69, 9.17) is 0 Å². The molecule has 122 valence electrons. The van der Waals surface area contributed by atoms with Gasteiger partial charge in [-0.05, 0) is 53.2 Å². The molecule has 1 heterocycles. The van der Waals surface area contributed by atoms with Crippen molar-refractivity contribution in [1.29, 1.82) is 10.5 Å². The molecule has 0 N–H and O–H groups in total. The summed E-state index contributed by atoms with van der Waals surface area (Å²) in [4.78, 5) is 0. The monoisotopic (exact) mass is 341 g/mol. The molecular formula is C24H11N3. The van der Waals surface area contributed by atoms with Crippen LogP contribution in [0.15, 0.2) is 66.7 Å². The Hall–Kier alpha value is -4.26. The third-order valence-electron chi connectivity index (χ3n) is 4.88. The Labute approximate surface area is 155 Å². The Bertz CT molecular complexity index is 1440. The molecule has 3 heteroatoms. The molecule has 0 aliphatic rings. The molecule has 0 amide bonds. The highest BCUT2D eigenvalue weighted by Crippen LogP contribution is 2.34. The van der Waals surface area contributed by atoms with E-state index in [1.807, 2.05) is 28.8 Å². The molecule has 3 nitrogen and oxygen atoms in total. The minimum absolute atomic E-state index is 0.520. The molecule has 0 aliphatic carbocycles. The molecule has 27 heavy (non-hydrogen) atoms. The van der Waals surface area contributed by atoms with Crippen molar-refractivity contribution in [1.82, 2.24) is 4.57 Å². The molecule has 0 unspecified atom stereocenters. The van der Waals surface area contributed by atoms with Gasteiger partial charge in [0.05, 0.1) is 39.3 Å². The quantitative estimate of drug-likeness (QED) is 0.416. The van der Waals surface area contributed by atoms with E-state index in [1.54, 1.807) is 18.2 Å². The average Bonchev–Trinajstić information content (AvgIpc) is 3.05. The maximum Gasteiger partial charge on any atom is 0.101 e. The van der Waals surface area contributed by atoms with Crippen LogP contribution in [0.3, 0.4) is 0 Å². The summed E-state index contributed by atoms with van der Waals surface area (Å²) in [5.74, 6) is 0. The van der Waals surface area contributed by atoms with Crippen molar-refractivity contribution in [3.8, 4) is 17.8 Å². The zero-order chi connectivity index (χ0) is 18.4. The topological polar surface area (TPSA) is 52.5 Å². The Kier molecular flexibility index (Phi) is 3.14. The zero-order valence-corrected chi connectivity index (χ0v) is 14.2. The van der Waals surface area contributed by atoms with Crippen molar-refractivity contribution in [2.24, 2.45) is 0 Å². The Morgan fingerprint density at radius 2 is 1.63 bits per heavy atom. The van der Waals surface area contributed by atoms with Crippen LogP contribution in [0.1, 0.15) is 11.1 Å². The van der Waals surface area contributed by atoms with Crippen molar-refractivity contribution in [3.63, 3.8) is 0 Å². The lowest BCUT2D eigenvalue weighted by Crippen LogP contribution is -1.98. The normalized spacial score (nSPS) is 10.6. The molecule has 0 saturated carbocycles. The number of aromatic nitrogens is 1. The van der Waals surface area contributed by atoms with Crippen LogP contribution in [0.5, 0.6) is 0 Å². The van der Waals surface area contributed by atoms with Crippen LogP contribution in [0.2, 0.25) is 0 Å². The lowest BCUT2D eigenvalue weighted by atomic mass is 10.1. The Morgan fingerprint density at radius 3 is 2.41 bits per heavy atom. The Morgan fingerprint density at radius 1 is 0.815 bits per heavy atom. The minimum Gasteiger partial charge on any atom is -0.307 e. The van der Waals surface area contributed by atoms with E-state index in [0.717, 1.165) is 32.6 Å². The van der Waals surface area contributed by atoms with Gasteiger partial charge in [-0.1, -0.05) is 36.4 Å². The van der Waals surface area contributed by atoms with Crippen molar-refractivity contribution < 1.29 is 0 Å². The summed E-state index contributed by atoms with van der Waals surface area (Å²) in [6.07, 6.45) is 0. The molecule has 0 radical (unpaired) electrons. The summed E-state index contributed by atoms with van der Waals surface area (Å²) in [6, 6.07) is 32.1. The molecule has 0 atom stereocenters. The predicted molar refractivity (Wildman–Crippen MR) is 105 cm³/mol. The highest BCUT2D eigenvalue weighted by Gasteiger charge is 2.16. The van der Waals surface area contributed by atoms with Gasteiger partial charge in [-0.25, -0.2) is 0 Å². The number of hydrogen-bond acceptors (Lipinski definition) is 2. The third kappa shape index (κ3) is 2.15. The van der Waals surface area contributed by atoms with Gasteiger partial charge < -0.3 is 4.57 Å². The summed E-state index contributed by atoms with van der Waals surface area (Å²) in [6.45, 7) is 0. The number of fused-ring (bicyclic) bond motifs is 4. The van der Waals surface area contributed by atoms with Gasteiger partial charge in [-0.2, -0.15) is 10.5 Å². The predicted octanol–water partition coefficient (Wildman–Crippen LogP) is 5.28. The molecule has 5 aromatic rings. The van der Waals surface area contributed by atoms with Crippen LogP contribution in [-0.2, 0) is 0 Å². The van der Waals surface area contributed by atoms with E-state index in [-0.39, 0.29) is 0 Å². The maximum absolute atomic E-state index is 9.64. The standard InChI is InChI=1S/C24H11N3/c25-14-16-9-10-19(15-26)23(11-16)27-22-8-4-3-7-20(22)21-12-17-5-1-2-6-18(17)13-24(21)27/h1-2,4-6,8-13H. The van der Waals surface area contributed by atoms with E-state index >= 15 is 0 Å². The zero-order valence-electron chi connectivity index (χ0n) is 14.2. The number of nitriles is 2. The minimum atomic E-state index is 0.520. The molecule has 0 aliphatic heterocycles. The third-order valence-corrected chi connectivity index (χ3v) is 4.88. The number of hydrogen-bond donors (Lipinski definition) is 0. The summed E-state index contributed by atoms with van der Waals surface area (Å²) in [7, 11) is 0. The van der Waals surface area contributed by atoms with Crippen molar-refractivity contribution >= 4 is 32.6 Å². The first-order chi connectivity index (χ1) is 13.3. The number of nitrogens with zero attached hydrogens (tertiary/aromatic N) is 3. The van der Waals surface area contributed by atoms with Crippen LogP contribution in [0, 0.1) is 34.8 Å². The maximum atomic E-state index is 9.64. The van der Waals surface area contributed by atoms with E-state index in [2.05, 4.69) is 48.5 Å². The molecule has 5 rings (SSSR count). The fraction of sp³-hybridized carbons (Fsp3) is 0. The summed E-state index contributed by atoms with van der Waals surface area (Å²) < 4.78 is 2.04. The number of rotatable bonds is 1. The molecule has 4 aromatic carbocycles. The first kappa shape index (κ1) is 15.0. The summed E-state index contributed by atoms with van der Waals surface area (Å²) in [5.41, 5.74) is 3.66. The molecule has 0 spiro atoms. The van der Waals surface area contributed by atoms with Gasteiger partial charge in [0.25, 0.3) is 0 Å². The van der Waals surface area contributed by atoms with Gasteiger partial charge in [0, 0.05) is 5.39 Å². The second-order valence-electron chi connectivity index (χ2n) is 6.37. The van der Waals surface area contributed by atoms with E-state index < -0.39 is 0 Å². The van der Waals surface area contributed by atoms with Gasteiger partial charge >= 0.3 is 0 Å². The van der Waals surface area contributed by atoms with Crippen molar-refractivity contribution in [3.05, 3.63) is 90.0 Å². The van der Waals surface area contributed by atoms with Crippen LogP contribution >= 0.6 is 0 Å². The summed E-state index contributed by atoms with van der Waals surface area (Å²) >= 11 is 0. The number of benzene rings is 3. The highest BCUT2D eigenvalue weighted by molar-refractivity contribution is 6.13. The van der Waals surface area contributed by atoms with Gasteiger partial charge in [0.2, 0.25) is 0 Å². The first-order valence-corrected chi connectivity index (χ1v) is 8.50. The second-order valence-corrected chi connectivity index (χ2v) is 6.37. The van der Waals surface area contributed by atoms with Gasteiger partial charge in [-0.3, -0.25) is 0 Å². The fourth-order valence-electron chi connectivity index (χ4n) is 3.66. The lowest BCUT2D eigenvalue weighted by Gasteiger charge is -2.10. The fourth-order valence-corrected chi connectivity index (χ4v) is 3.66. The highest BCUT2D eigenvalue weighted by atomic mass is 15.0. The summed E-state index contributed by atoms with van der Waals surface area (Å²) in [5, 5.41) is 23.2. The smallest absolute Gasteiger partial charge is 0.101 e. The Balaban J connectivity index is 2.02. The van der Waals surface area contributed by atoms with Gasteiger partial charge in [-0.15, -0.1) is 0 Å². The van der Waals surface area contributed by atoms with Gasteiger partial charge in [0.15, 0.2) is 0 Å².